The Balaban J connectivity index is 2.20. The number of benzene rings is 1. The maximum atomic E-state index is 6.34. The van der Waals surface area contributed by atoms with E-state index in [0.29, 0.717) is 16.4 Å². The highest BCUT2D eigenvalue weighted by molar-refractivity contribution is 6.35. The molecule has 0 aliphatic heterocycles. The van der Waals surface area contributed by atoms with Gasteiger partial charge in [0.15, 0.2) is 0 Å². The van der Waals surface area contributed by atoms with Crippen LogP contribution in [0.5, 0.6) is 0 Å². The molecule has 1 atom stereocenters. The molecular weight excluding hydrogens is 303 g/mol. The van der Waals surface area contributed by atoms with Crippen LogP contribution < -0.4 is 11.3 Å². The van der Waals surface area contributed by atoms with Crippen molar-refractivity contribution in [2.45, 2.75) is 58.4 Å². The van der Waals surface area contributed by atoms with Gasteiger partial charge in [-0.2, -0.15) is 0 Å². The Hall–Kier alpha value is -0.280. The van der Waals surface area contributed by atoms with Crippen molar-refractivity contribution < 1.29 is 0 Å². The van der Waals surface area contributed by atoms with Gasteiger partial charge in [-0.05, 0) is 54.7 Å². The Morgan fingerprint density at radius 1 is 1.24 bits per heavy atom. The van der Waals surface area contributed by atoms with Gasteiger partial charge < -0.3 is 0 Å². The minimum Gasteiger partial charge on any atom is -0.271 e. The number of nitrogens with one attached hydrogen (secondary N) is 1. The summed E-state index contributed by atoms with van der Waals surface area (Å²) in [4.78, 5) is 0. The number of hydrogen-bond acceptors (Lipinski definition) is 2. The van der Waals surface area contributed by atoms with Gasteiger partial charge in [-0.1, -0.05) is 56.0 Å². The van der Waals surface area contributed by atoms with E-state index >= 15 is 0 Å². The van der Waals surface area contributed by atoms with Crippen LogP contribution in [0.25, 0.3) is 0 Å². The summed E-state index contributed by atoms with van der Waals surface area (Å²) < 4.78 is 0. The average Bonchev–Trinajstić information content (AvgIpc) is 2.86. The van der Waals surface area contributed by atoms with Gasteiger partial charge in [0.05, 0.1) is 0 Å². The van der Waals surface area contributed by atoms with E-state index in [1.807, 2.05) is 18.2 Å². The van der Waals surface area contributed by atoms with E-state index in [-0.39, 0.29) is 6.04 Å². The Morgan fingerprint density at radius 3 is 2.43 bits per heavy atom. The van der Waals surface area contributed by atoms with Gasteiger partial charge in [0, 0.05) is 16.1 Å². The fraction of sp³-hybridized carbons (Fsp3) is 0.647. The van der Waals surface area contributed by atoms with E-state index in [9.17, 15) is 0 Å². The molecular formula is C17H26Cl2N2. The molecule has 1 saturated carbocycles. The fourth-order valence-electron chi connectivity index (χ4n) is 3.95. The Bertz CT molecular complexity index is 468. The molecule has 118 valence electrons. The lowest BCUT2D eigenvalue weighted by Gasteiger charge is -2.39. The number of nitrogens with two attached hydrogens (primary N) is 1. The lowest BCUT2D eigenvalue weighted by atomic mass is 9.71. The highest BCUT2D eigenvalue weighted by atomic mass is 35.5. The number of rotatable bonds is 6. The summed E-state index contributed by atoms with van der Waals surface area (Å²) in [5.74, 6) is 6.60. The summed E-state index contributed by atoms with van der Waals surface area (Å²) in [6, 6.07) is 6.00. The molecule has 0 amide bonds. The molecule has 0 radical (unpaired) electrons. The maximum absolute atomic E-state index is 6.34. The van der Waals surface area contributed by atoms with Crippen molar-refractivity contribution in [3.05, 3.63) is 33.8 Å². The summed E-state index contributed by atoms with van der Waals surface area (Å²) in [5, 5.41) is 1.42. The van der Waals surface area contributed by atoms with Crippen molar-refractivity contribution in [3.63, 3.8) is 0 Å². The molecule has 2 nitrogen and oxygen atoms in total. The first-order valence-electron chi connectivity index (χ1n) is 7.87. The zero-order chi connectivity index (χ0) is 15.5. The largest absolute Gasteiger partial charge is 0.271 e. The SMILES string of the molecule is CC(C)CC1(C(Cc2ccc(Cl)cc2Cl)NN)CCCC1. The van der Waals surface area contributed by atoms with Crippen molar-refractivity contribution in [1.29, 1.82) is 0 Å². The molecule has 2 rings (SSSR count). The molecule has 1 aliphatic carbocycles. The van der Waals surface area contributed by atoms with Gasteiger partial charge in [0.25, 0.3) is 0 Å². The van der Waals surface area contributed by atoms with E-state index in [0.717, 1.165) is 17.0 Å². The third-order valence-electron chi connectivity index (χ3n) is 4.79. The smallest absolute Gasteiger partial charge is 0.0453 e. The second-order valence-electron chi connectivity index (χ2n) is 6.83. The minimum atomic E-state index is 0.265. The Kier molecular flexibility index (Phi) is 5.96. The van der Waals surface area contributed by atoms with Gasteiger partial charge in [-0.3, -0.25) is 11.3 Å². The average molecular weight is 329 g/mol. The van der Waals surface area contributed by atoms with Crippen molar-refractivity contribution in [2.24, 2.45) is 17.2 Å². The molecule has 0 spiro atoms. The first-order valence-corrected chi connectivity index (χ1v) is 8.62. The van der Waals surface area contributed by atoms with Crippen LogP contribution in [0.2, 0.25) is 10.0 Å². The van der Waals surface area contributed by atoms with Crippen LogP contribution in [-0.4, -0.2) is 6.04 Å². The topological polar surface area (TPSA) is 38.0 Å². The van der Waals surface area contributed by atoms with Crippen molar-refractivity contribution in [2.75, 3.05) is 0 Å². The molecule has 0 saturated heterocycles. The van der Waals surface area contributed by atoms with Crippen LogP contribution in [0.15, 0.2) is 18.2 Å². The summed E-state index contributed by atoms with van der Waals surface area (Å²) in [6.07, 6.45) is 7.20. The lowest BCUT2D eigenvalue weighted by Crippen LogP contribution is -2.49. The quantitative estimate of drug-likeness (QED) is 0.571. The second-order valence-corrected chi connectivity index (χ2v) is 7.67. The molecule has 1 unspecified atom stereocenters. The zero-order valence-electron chi connectivity index (χ0n) is 13.0. The van der Waals surface area contributed by atoms with Crippen molar-refractivity contribution >= 4 is 23.2 Å². The Morgan fingerprint density at radius 2 is 1.90 bits per heavy atom. The molecule has 1 aromatic rings. The molecule has 0 bridgehead atoms. The van der Waals surface area contributed by atoms with E-state index in [1.165, 1.54) is 32.1 Å². The molecule has 1 aliphatic rings. The van der Waals surface area contributed by atoms with Crippen LogP contribution in [0.1, 0.15) is 51.5 Å². The van der Waals surface area contributed by atoms with E-state index in [2.05, 4.69) is 19.3 Å². The van der Waals surface area contributed by atoms with E-state index < -0.39 is 0 Å². The fourth-order valence-corrected chi connectivity index (χ4v) is 4.43. The maximum Gasteiger partial charge on any atom is 0.0453 e. The standard InChI is InChI=1S/C17H26Cl2N2/c1-12(2)11-17(7-3-4-8-17)16(21-20)9-13-5-6-14(18)10-15(13)19/h5-6,10,12,16,21H,3-4,7-9,11,20H2,1-2H3. The predicted octanol–water partition coefficient (Wildman–Crippen LogP) is 4.97. The minimum absolute atomic E-state index is 0.265. The predicted molar refractivity (Wildman–Crippen MR) is 91.6 cm³/mol. The van der Waals surface area contributed by atoms with Gasteiger partial charge >= 0.3 is 0 Å². The normalized spacial score (nSPS) is 19.1. The number of halogens is 2. The van der Waals surface area contributed by atoms with Crippen LogP contribution in [0.3, 0.4) is 0 Å². The van der Waals surface area contributed by atoms with Crippen LogP contribution >= 0.6 is 23.2 Å². The lowest BCUT2D eigenvalue weighted by molar-refractivity contribution is 0.154. The van der Waals surface area contributed by atoms with Crippen LogP contribution in [-0.2, 0) is 6.42 Å². The highest BCUT2D eigenvalue weighted by Gasteiger charge is 2.41. The molecule has 1 aromatic carbocycles. The van der Waals surface area contributed by atoms with Crippen molar-refractivity contribution in [3.8, 4) is 0 Å². The molecule has 21 heavy (non-hydrogen) atoms. The van der Waals surface area contributed by atoms with Crippen molar-refractivity contribution in [1.82, 2.24) is 5.43 Å². The zero-order valence-corrected chi connectivity index (χ0v) is 14.5. The number of hydrogen-bond donors (Lipinski definition) is 2. The first kappa shape index (κ1) is 17.1. The molecule has 0 heterocycles. The van der Waals surface area contributed by atoms with Gasteiger partial charge in [0.2, 0.25) is 0 Å². The summed E-state index contributed by atoms with van der Waals surface area (Å²) >= 11 is 12.3. The highest BCUT2D eigenvalue weighted by Crippen LogP contribution is 2.46. The van der Waals surface area contributed by atoms with Gasteiger partial charge in [0.1, 0.15) is 0 Å². The van der Waals surface area contributed by atoms with E-state index in [4.69, 9.17) is 29.0 Å². The van der Waals surface area contributed by atoms with Crippen LogP contribution in [0.4, 0.5) is 0 Å². The van der Waals surface area contributed by atoms with Crippen LogP contribution in [0, 0.1) is 11.3 Å². The first-order chi connectivity index (χ1) is 9.97. The summed E-state index contributed by atoms with van der Waals surface area (Å²) in [7, 11) is 0. The third kappa shape index (κ3) is 4.13. The summed E-state index contributed by atoms with van der Waals surface area (Å²) in [6.45, 7) is 4.59. The van der Waals surface area contributed by atoms with E-state index in [1.54, 1.807) is 0 Å². The molecule has 1 fully saturated rings. The molecule has 3 N–H and O–H groups in total. The van der Waals surface area contributed by atoms with Gasteiger partial charge in [-0.15, -0.1) is 0 Å². The molecule has 0 aromatic heterocycles. The second kappa shape index (κ2) is 7.32. The molecule has 4 heteroatoms. The monoisotopic (exact) mass is 328 g/mol. The summed E-state index contributed by atoms with van der Waals surface area (Å²) in [5.41, 5.74) is 4.51. The third-order valence-corrected chi connectivity index (χ3v) is 5.38. The Labute approximate surface area is 138 Å². The van der Waals surface area contributed by atoms with Gasteiger partial charge in [-0.25, -0.2) is 0 Å². The number of hydrazine groups is 1.